The van der Waals surface area contributed by atoms with Crippen LogP contribution >= 0.6 is 0 Å². The molecule has 0 saturated heterocycles. The minimum atomic E-state index is 0.263. The number of aromatic nitrogens is 1. The van der Waals surface area contributed by atoms with Gasteiger partial charge in [-0.25, -0.2) is 4.85 Å². The van der Waals surface area contributed by atoms with Crippen LogP contribution in [0, 0.1) is 6.57 Å². The quantitative estimate of drug-likeness (QED) is 0.287. The molecular formula is C25H13BN2. The van der Waals surface area contributed by atoms with Crippen molar-refractivity contribution in [3.8, 4) is 16.8 Å². The van der Waals surface area contributed by atoms with Gasteiger partial charge in [-0.2, -0.15) is 0 Å². The molecule has 4 aromatic carbocycles. The monoisotopic (exact) mass is 352 g/mol. The summed E-state index contributed by atoms with van der Waals surface area (Å²) in [5, 5.41) is 2.25. The number of hydrogen-bond donors (Lipinski definition) is 0. The predicted octanol–water partition coefficient (Wildman–Crippen LogP) is 4.14. The summed E-state index contributed by atoms with van der Waals surface area (Å²) in [6, 6.07) is 28.1. The Hall–Kier alpha value is -3.77. The van der Waals surface area contributed by atoms with Gasteiger partial charge in [0.25, 0.3) is 0 Å². The minimum absolute atomic E-state index is 0.263. The van der Waals surface area contributed by atoms with Gasteiger partial charge in [0.2, 0.25) is 6.71 Å². The lowest BCUT2D eigenvalue weighted by Crippen LogP contribution is -2.53. The second-order valence-electron chi connectivity index (χ2n) is 7.62. The van der Waals surface area contributed by atoms with Gasteiger partial charge < -0.3 is 4.57 Å². The van der Waals surface area contributed by atoms with Gasteiger partial charge in [-0.3, -0.25) is 0 Å². The second-order valence-corrected chi connectivity index (χ2v) is 7.62. The molecule has 0 amide bonds. The van der Waals surface area contributed by atoms with Crippen molar-refractivity contribution >= 4 is 50.6 Å². The number of hydrogen-bond acceptors (Lipinski definition) is 0. The first-order valence-corrected chi connectivity index (χ1v) is 9.54. The molecule has 0 saturated carbocycles. The van der Waals surface area contributed by atoms with E-state index >= 15 is 0 Å². The maximum atomic E-state index is 7.68. The Balaban J connectivity index is 1.78. The maximum Gasteiger partial charge on any atom is 0.248 e. The van der Waals surface area contributed by atoms with E-state index in [0.717, 1.165) is 16.6 Å². The van der Waals surface area contributed by atoms with E-state index in [1.54, 1.807) is 0 Å². The van der Waals surface area contributed by atoms with Crippen LogP contribution in [0.3, 0.4) is 0 Å². The maximum absolute atomic E-state index is 7.68. The highest BCUT2D eigenvalue weighted by Crippen LogP contribution is 2.40. The predicted molar refractivity (Wildman–Crippen MR) is 117 cm³/mol. The summed E-state index contributed by atoms with van der Waals surface area (Å²) in [5.41, 5.74) is 11.2. The fourth-order valence-electron chi connectivity index (χ4n) is 5.46. The molecule has 0 atom stereocenters. The molecule has 126 valence electrons. The molecule has 0 N–H and O–H groups in total. The van der Waals surface area contributed by atoms with Crippen LogP contribution < -0.4 is 16.4 Å². The average molecular weight is 352 g/mol. The van der Waals surface area contributed by atoms with Crippen molar-refractivity contribution < 1.29 is 0 Å². The zero-order chi connectivity index (χ0) is 18.4. The number of benzene rings is 4. The molecule has 5 aromatic rings. The summed E-state index contributed by atoms with van der Waals surface area (Å²) in [5.74, 6) is 0. The van der Waals surface area contributed by atoms with Crippen molar-refractivity contribution in [1.29, 1.82) is 0 Å². The van der Waals surface area contributed by atoms with Gasteiger partial charge in [-0.1, -0.05) is 72.2 Å². The van der Waals surface area contributed by atoms with Crippen LogP contribution in [0.15, 0.2) is 78.9 Å². The van der Waals surface area contributed by atoms with E-state index in [1.165, 1.54) is 44.1 Å². The standard InChI is InChI=1S/C25H13BN2/c1-27-20-12-6-13-21-23(20)17-9-4-11-19-25(17)28(21)22-14-5-8-16-15-7-2-3-10-18(15)26(19)24(16)22/h2-14H. The van der Waals surface area contributed by atoms with Gasteiger partial charge in [-0.15, -0.1) is 0 Å². The number of fused-ring (bicyclic) bond motifs is 8. The molecule has 0 bridgehead atoms. The zero-order valence-corrected chi connectivity index (χ0v) is 15.0. The molecule has 7 rings (SSSR count). The third-order valence-electron chi connectivity index (χ3n) is 6.43. The lowest BCUT2D eigenvalue weighted by molar-refractivity contribution is 1.19. The molecule has 2 aliphatic heterocycles. The SMILES string of the molecule is [C-]#[N+]c1cccc2c1c1cccc3c1n2-c1cccc2c1B3c1ccccc1-2. The first-order chi connectivity index (χ1) is 13.9. The molecule has 3 heterocycles. The van der Waals surface area contributed by atoms with Crippen LogP contribution in [0.2, 0.25) is 0 Å². The Morgan fingerprint density at radius 2 is 1.54 bits per heavy atom. The van der Waals surface area contributed by atoms with Gasteiger partial charge in [-0.05, 0) is 39.6 Å². The molecule has 1 aromatic heterocycles. The van der Waals surface area contributed by atoms with Crippen molar-refractivity contribution in [2.45, 2.75) is 0 Å². The summed E-state index contributed by atoms with van der Waals surface area (Å²) in [7, 11) is 0. The highest BCUT2D eigenvalue weighted by Gasteiger charge is 2.40. The van der Waals surface area contributed by atoms with Crippen molar-refractivity contribution in [3.63, 3.8) is 0 Å². The van der Waals surface area contributed by atoms with Gasteiger partial charge in [0, 0.05) is 22.1 Å². The first kappa shape index (κ1) is 14.3. The summed E-state index contributed by atoms with van der Waals surface area (Å²) >= 11 is 0. The van der Waals surface area contributed by atoms with Crippen molar-refractivity contribution in [3.05, 3.63) is 90.3 Å². The zero-order valence-electron chi connectivity index (χ0n) is 15.0. The fraction of sp³-hybridized carbons (Fsp3) is 0. The largest absolute Gasteiger partial charge is 0.312 e. The van der Waals surface area contributed by atoms with Crippen LogP contribution in [0.25, 0.3) is 43.5 Å². The summed E-state index contributed by atoms with van der Waals surface area (Å²) in [6.07, 6.45) is 0. The Bertz CT molecular complexity index is 1530. The molecular weight excluding hydrogens is 339 g/mol. The van der Waals surface area contributed by atoms with Crippen LogP contribution in [-0.4, -0.2) is 11.3 Å². The van der Waals surface area contributed by atoms with Crippen LogP contribution in [-0.2, 0) is 0 Å². The molecule has 2 aliphatic rings. The molecule has 3 heteroatoms. The van der Waals surface area contributed by atoms with Gasteiger partial charge in [0.15, 0.2) is 5.69 Å². The molecule has 0 unspecified atom stereocenters. The Labute approximate surface area is 162 Å². The van der Waals surface area contributed by atoms with Crippen molar-refractivity contribution in [1.82, 2.24) is 4.57 Å². The molecule has 28 heavy (non-hydrogen) atoms. The highest BCUT2D eigenvalue weighted by molar-refractivity contribution is 7.01. The lowest BCUT2D eigenvalue weighted by Gasteiger charge is -2.24. The van der Waals surface area contributed by atoms with Crippen LogP contribution in [0.5, 0.6) is 0 Å². The Morgan fingerprint density at radius 3 is 2.46 bits per heavy atom. The summed E-state index contributed by atoms with van der Waals surface area (Å²) < 4.78 is 2.38. The topological polar surface area (TPSA) is 9.29 Å². The molecule has 2 nitrogen and oxygen atoms in total. The molecule has 0 spiro atoms. The van der Waals surface area contributed by atoms with Gasteiger partial charge >= 0.3 is 0 Å². The first-order valence-electron chi connectivity index (χ1n) is 9.54. The van der Waals surface area contributed by atoms with Crippen LogP contribution in [0.1, 0.15) is 0 Å². The summed E-state index contributed by atoms with van der Waals surface area (Å²) in [6.45, 7) is 7.94. The summed E-state index contributed by atoms with van der Waals surface area (Å²) in [4.78, 5) is 3.83. The van der Waals surface area contributed by atoms with E-state index in [-0.39, 0.29) is 6.71 Å². The van der Waals surface area contributed by atoms with E-state index in [4.69, 9.17) is 6.57 Å². The van der Waals surface area contributed by atoms with E-state index in [0.29, 0.717) is 0 Å². The highest BCUT2D eigenvalue weighted by atomic mass is 15.0. The van der Waals surface area contributed by atoms with Gasteiger partial charge in [0.1, 0.15) is 0 Å². The fourth-order valence-corrected chi connectivity index (χ4v) is 5.46. The normalized spacial score (nSPS) is 12.9. The van der Waals surface area contributed by atoms with E-state index in [9.17, 15) is 0 Å². The molecule has 0 fully saturated rings. The lowest BCUT2D eigenvalue weighted by atomic mass is 9.37. The van der Waals surface area contributed by atoms with Gasteiger partial charge in [0.05, 0.1) is 6.57 Å². The van der Waals surface area contributed by atoms with Crippen molar-refractivity contribution in [2.24, 2.45) is 0 Å². The Kier molecular flexibility index (Phi) is 2.42. The third-order valence-corrected chi connectivity index (χ3v) is 6.43. The number of nitrogens with zero attached hydrogens (tertiary/aromatic N) is 2. The molecule has 0 aliphatic carbocycles. The third kappa shape index (κ3) is 1.45. The van der Waals surface area contributed by atoms with E-state index < -0.39 is 0 Å². The van der Waals surface area contributed by atoms with Crippen molar-refractivity contribution in [2.75, 3.05) is 0 Å². The average Bonchev–Trinajstić information content (AvgIpc) is 3.27. The minimum Gasteiger partial charge on any atom is -0.312 e. The van der Waals surface area contributed by atoms with Crippen LogP contribution in [0.4, 0.5) is 5.69 Å². The smallest absolute Gasteiger partial charge is 0.248 e. The second kappa shape index (κ2) is 4.74. The number of rotatable bonds is 0. The molecule has 0 radical (unpaired) electrons. The van der Waals surface area contributed by atoms with E-state index in [1.807, 2.05) is 12.1 Å². The van der Waals surface area contributed by atoms with E-state index in [2.05, 4.69) is 76.1 Å². The number of para-hydroxylation sites is 1. The Morgan fingerprint density at radius 1 is 0.750 bits per heavy atom.